The number of benzene rings is 1. The van der Waals surface area contributed by atoms with Crippen LogP contribution < -0.4 is 5.76 Å². The van der Waals surface area contributed by atoms with Crippen LogP contribution >= 0.6 is 11.6 Å². The number of furan rings is 1. The number of carbonyl (C=O) groups excluding carboxylic acids is 1. The highest BCUT2D eigenvalue weighted by Gasteiger charge is 2.16. The highest BCUT2D eigenvalue weighted by Crippen LogP contribution is 2.20. The Bertz CT molecular complexity index is 871. The summed E-state index contributed by atoms with van der Waals surface area (Å²) in [7, 11) is 0. The molecule has 1 aromatic carbocycles. The number of hydrogen-bond acceptors (Lipinski definition) is 4. The molecule has 0 unspecified atom stereocenters. The third kappa shape index (κ3) is 2.40. The molecule has 3 rings (SSSR count). The van der Waals surface area contributed by atoms with Crippen LogP contribution in [0, 0.1) is 0 Å². The van der Waals surface area contributed by atoms with E-state index in [4.69, 9.17) is 20.4 Å². The molecule has 2 heterocycles. The molecular weight excluding hydrogens is 294 g/mol. The molecule has 21 heavy (non-hydrogen) atoms. The molecule has 0 saturated carbocycles. The van der Waals surface area contributed by atoms with E-state index >= 15 is 0 Å². The molecule has 0 fully saturated rings. The molecular formula is C15H12ClNO4. The van der Waals surface area contributed by atoms with Gasteiger partial charge in [0.15, 0.2) is 16.6 Å². The molecule has 5 nitrogen and oxygen atoms in total. The monoisotopic (exact) mass is 305 g/mol. The van der Waals surface area contributed by atoms with Gasteiger partial charge in [0.05, 0.1) is 5.52 Å². The number of fused-ring (bicyclic) bond motifs is 1. The van der Waals surface area contributed by atoms with E-state index in [0.29, 0.717) is 23.2 Å². The molecule has 0 spiro atoms. The Morgan fingerprint density at radius 3 is 2.71 bits per heavy atom. The summed E-state index contributed by atoms with van der Waals surface area (Å²) in [6.07, 6.45) is 0.820. The fourth-order valence-electron chi connectivity index (χ4n) is 2.22. The van der Waals surface area contributed by atoms with Crippen molar-refractivity contribution >= 4 is 28.5 Å². The van der Waals surface area contributed by atoms with E-state index < -0.39 is 5.76 Å². The summed E-state index contributed by atoms with van der Waals surface area (Å²) >= 11 is 5.66. The van der Waals surface area contributed by atoms with E-state index in [1.54, 1.807) is 22.8 Å². The quantitative estimate of drug-likeness (QED) is 0.692. The van der Waals surface area contributed by atoms with Crippen LogP contribution in [0.15, 0.2) is 44.0 Å². The zero-order valence-electron chi connectivity index (χ0n) is 11.3. The van der Waals surface area contributed by atoms with Gasteiger partial charge in [-0.15, -0.1) is 0 Å². The summed E-state index contributed by atoms with van der Waals surface area (Å²) in [4.78, 5) is 24.0. The summed E-state index contributed by atoms with van der Waals surface area (Å²) in [5, 5.41) is 0.153. The van der Waals surface area contributed by atoms with E-state index in [9.17, 15) is 9.59 Å². The summed E-state index contributed by atoms with van der Waals surface area (Å²) in [5.74, 6) is -0.582. The third-order valence-electron chi connectivity index (χ3n) is 3.17. The second kappa shape index (κ2) is 5.26. The maximum atomic E-state index is 12.2. The Balaban J connectivity index is 2.06. The average Bonchev–Trinajstić information content (AvgIpc) is 3.02. The van der Waals surface area contributed by atoms with E-state index in [2.05, 4.69) is 0 Å². The molecule has 0 amide bonds. The highest BCUT2D eigenvalue weighted by atomic mass is 35.5. The van der Waals surface area contributed by atoms with Gasteiger partial charge in [0.25, 0.3) is 0 Å². The van der Waals surface area contributed by atoms with Gasteiger partial charge in [-0.05, 0) is 48.4 Å². The number of nitrogens with zero attached hydrogens (tertiary/aromatic N) is 1. The predicted octanol–water partition coefficient (Wildman–Crippen LogP) is 3.48. The van der Waals surface area contributed by atoms with E-state index in [0.717, 1.165) is 6.42 Å². The minimum absolute atomic E-state index is 0.148. The summed E-state index contributed by atoms with van der Waals surface area (Å²) < 4.78 is 11.8. The molecule has 2 aromatic heterocycles. The normalized spacial score (nSPS) is 11.1. The van der Waals surface area contributed by atoms with Gasteiger partial charge in [0, 0.05) is 12.1 Å². The first-order valence-electron chi connectivity index (χ1n) is 6.53. The van der Waals surface area contributed by atoms with Gasteiger partial charge in [-0.25, -0.2) is 4.79 Å². The predicted molar refractivity (Wildman–Crippen MR) is 77.9 cm³/mol. The lowest BCUT2D eigenvalue weighted by molar-refractivity contribution is 0.101. The zero-order chi connectivity index (χ0) is 15.0. The molecule has 0 aliphatic rings. The zero-order valence-corrected chi connectivity index (χ0v) is 12.0. The molecule has 0 aliphatic carbocycles. The lowest BCUT2D eigenvalue weighted by Gasteiger charge is -2.00. The summed E-state index contributed by atoms with van der Waals surface area (Å²) in [6, 6.07) is 7.90. The molecule has 0 atom stereocenters. The van der Waals surface area contributed by atoms with Gasteiger partial charge in [-0.1, -0.05) is 6.92 Å². The van der Waals surface area contributed by atoms with Gasteiger partial charge in [-0.2, -0.15) is 0 Å². The molecule has 108 valence electrons. The number of halogens is 1. The molecule has 6 heteroatoms. The van der Waals surface area contributed by atoms with Crippen molar-refractivity contribution in [3.63, 3.8) is 0 Å². The second-order valence-corrected chi connectivity index (χ2v) is 5.01. The van der Waals surface area contributed by atoms with Crippen molar-refractivity contribution in [2.24, 2.45) is 0 Å². The molecule has 3 aromatic rings. The van der Waals surface area contributed by atoms with Crippen LogP contribution in [0.2, 0.25) is 5.22 Å². The minimum Gasteiger partial charge on any atom is -0.441 e. The fraction of sp³-hybridized carbons (Fsp3) is 0.200. The lowest BCUT2D eigenvalue weighted by Crippen LogP contribution is -2.13. The van der Waals surface area contributed by atoms with Crippen LogP contribution in [0.25, 0.3) is 11.1 Å². The van der Waals surface area contributed by atoms with E-state index in [1.807, 2.05) is 6.92 Å². The Hall–Kier alpha value is -2.27. The van der Waals surface area contributed by atoms with E-state index in [1.165, 1.54) is 12.1 Å². The number of carbonyl (C=O) groups is 1. The van der Waals surface area contributed by atoms with Crippen LogP contribution in [0.1, 0.15) is 29.5 Å². The number of aryl methyl sites for hydroxylation is 1. The summed E-state index contributed by atoms with van der Waals surface area (Å²) in [6.45, 7) is 2.55. The maximum Gasteiger partial charge on any atom is 0.419 e. The Labute approximate surface area is 124 Å². The molecule has 0 bridgehead atoms. The van der Waals surface area contributed by atoms with Crippen LogP contribution in [0.3, 0.4) is 0 Å². The fourth-order valence-corrected chi connectivity index (χ4v) is 2.37. The first-order chi connectivity index (χ1) is 10.1. The van der Waals surface area contributed by atoms with E-state index in [-0.39, 0.29) is 16.8 Å². The topological polar surface area (TPSA) is 65.3 Å². The second-order valence-electron chi connectivity index (χ2n) is 4.63. The Morgan fingerprint density at radius 1 is 1.24 bits per heavy atom. The lowest BCUT2D eigenvalue weighted by atomic mass is 10.1. The van der Waals surface area contributed by atoms with Gasteiger partial charge >= 0.3 is 5.76 Å². The standard InChI is InChI=1S/C15H12ClNO4/c1-2-7-17-10-4-3-9(8-12(10)21-15(17)19)14(18)11-5-6-13(16)20-11/h3-6,8H,2,7H2,1H3. The number of ketones is 1. The number of oxazole rings is 1. The molecule has 0 N–H and O–H groups in total. The number of hydrogen-bond donors (Lipinski definition) is 0. The number of aromatic nitrogens is 1. The third-order valence-corrected chi connectivity index (χ3v) is 3.38. The van der Waals surface area contributed by atoms with Crippen LogP contribution in [0.5, 0.6) is 0 Å². The van der Waals surface area contributed by atoms with Gasteiger partial charge in [0.1, 0.15) is 0 Å². The van der Waals surface area contributed by atoms with Crippen molar-refractivity contribution in [2.75, 3.05) is 0 Å². The molecule has 0 radical (unpaired) electrons. The van der Waals surface area contributed by atoms with Gasteiger partial charge in [-0.3, -0.25) is 9.36 Å². The minimum atomic E-state index is -0.419. The Morgan fingerprint density at radius 2 is 2.05 bits per heavy atom. The van der Waals surface area contributed by atoms with Crippen molar-refractivity contribution in [1.82, 2.24) is 4.57 Å². The Kier molecular flexibility index (Phi) is 3.43. The average molecular weight is 306 g/mol. The summed E-state index contributed by atoms with van der Waals surface area (Å²) in [5.41, 5.74) is 1.44. The SMILES string of the molecule is CCCn1c(=O)oc2cc(C(=O)c3ccc(Cl)o3)ccc21. The first kappa shape index (κ1) is 13.7. The van der Waals surface area contributed by atoms with Crippen LogP contribution in [0.4, 0.5) is 0 Å². The molecule has 0 aliphatic heterocycles. The van der Waals surface area contributed by atoms with Crippen molar-refractivity contribution in [3.8, 4) is 0 Å². The van der Waals surface area contributed by atoms with Crippen LogP contribution in [-0.2, 0) is 6.54 Å². The highest BCUT2D eigenvalue weighted by molar-refractivity contribution is 6.29. The number of rotatable bonds is 4. The van der Waals surface area contributed by atoms with Crippen LogP contribution in [-0.4, -0.2) is 10.4 Å². The van der Waals surface area contributed by atoms with Gasteiger partial charge in [0.2, 0.25) is 5.78 Å². The van der Waals surface area contributed by atoms with Gasteiger partial charge < -0.3 is 8.83 Å². The van der Waals surface area contributed by atoms with Crippen molar-refractivity contribution < 1.29 is 13.6 Å². The smallest absolute Gasteiger partial charge is 0.419 e. The first-order valence-corrected chi connectivity index (χ1v) is 6.91. The van der Waals surface area contributed by atoms with Crippen molar-refractivity contribution in [3.05, 3.63) is 57.4 Å². The maximum absolute atomic E-state index is 12.2. The van der Waals surface area contributed by atoms with Crippen molar-refractivity contribution in [2.45, 2.75) is 19.9 Å². The van der Waals surface area contributed by atoms with Crippen molar-refractivity contribution in [1.29, 1.82) is 0 Å². The largest absolute Gasteiger partial charge is 0.441 e. The molecule has 0 saturated heterocycles.